The van der Waals surface area contributed by atoms with Crippen LogP contribution in [0.3, 0.4) is 0 Å². The number of aromatic nitrogens is 2. The number of nitrogens with zero attached hydrogens (tertiary/aromatic N) is 2. The van der Waals surface area contributed by atoms with E-state index in [0.29, 0.717) is 29.4 Å². The van der Waals surface area contributed by atoms with Gasteiger partial charge in [-0.15, -0.1) is 0 Å². The second-order valence-electron chi connectivity index (χ2n) is 6.54. The lowest BCUT2D eigenvalue weighted by molar-refractivity contribution is 0.318. The Morgan fingerprint density at radius 2 is 2.00 bits per heavy atom. The number of sulfonamides is 1. The predicted molar refractivity (Wildman–Crippen MR) is 89.6 cm³/mol. The van der Waals surface area contributed by atoms with Crippen molar-refractivity contribution in [2.45, 2.75) is 44.4 Å². The van der Waals surface area contributed by atoms with Gasteiger partial charge in [-0.3, -0.25) is 0 Å². The summed E-state index contributed by atoms with van der Waals surface area (Å²) < 4.78 is 37.6. The standard InChI is InChI=1S/C16H23N3O4S/c1-11-10-12(22-5)6-7-13(11)24(20,21)17-9-8-14-18-15(23-19-14)16(2,3)4/h6-7,10,17H,8-9H2,1-5H3. The molecule has 0 aliphatic rings. The van der Waals surface area contributed by atoms with Gasteiger partial charge in [0, 0.05) is 18.4 Å². The fourth-order valence-corrected chi connectivity index (χ4v) is 3.34. The zero-order valence-corrected chi connectivity index (χ0v) is 15.4. The Hall–Kier alpha value is -1.93. The molecule has 24 heavy (non-hydrogen) atoms. The number of methoxy groups -OCH3 is 1. The molecule has 0 bridgehead atoms. The van der Waals surface area contributed by atoms with Crippen LogP contribution in [0.5, 0.6) is 5.75 Å². The van der Waals surface area contributed by atoms with Crippen molar-refractivity contribution in [2.24, 2.45) is 0 Å². The molecule has 0 saturated heterocycles. The average Bonchev–Trinajstić information content (AvgIpc) is 2.95. The van der Waals surface area contributed by atoms with Crippen LogP contribution in [0.25, 0.3) is 0 Å². The molecule has 1 heterocycles. The van der Waals surface area contributed by atoms with Gasteiger partial charge in [-0.05, 0) is 30.7 Å². The molecular weight excluding hydrogens is 330 g/mol. The maximum Gasteiger partial charge on any atom is 0.240 e. The summed E-state index contributed by atoms with van der Waals surface area (Å²) in [6.45, 7) is 7.83. The van der Waals surface area contributed by atoms with Crippen LogP contribution in [0.1, 0.15) is 38.0 Å². The summed E-state index contributed by atoms with van der Waals surface area (Å²) in [4.78, 5) is 4.51. The van der Waals surface area contributed by atoms with E-state index in [1.54, 1.807) is 19.1 Å². The highest BCUT2D eigenvalue weighted by molar-refractivity contribution is 7.89. The fraction of sp³-hybridized carbons (Fsp3) is 0.500. The molecular formula is C16H23N3O4S. The average molecular weight is 353 g/mol. The molecule has 0 aliphatic heterocycles. The molecule has 1 aromatic carbocycles. The first-order valence-electron chi connectivity index (χ1n) is 7.61. The highest BCUT2D eigenvalue weighted by atomic mass is 32.2. The van der Waals surface area contributed by atoms with Crippen LogP contribution in [-0.2, 0) is 21.9 Å². The Labute approximate surface area is 142 Å². The van der Waals surface area contributed by atoms with Gasteiger partial charge < -0.3 is 9.26 Å². The third kappa shape index (κ3) is 4.33. The maximum atomic E-state index is 12.4. The number of rotatable bonds is 6. The van der Waals surface area contributed by atoms with E-state index in [2.05, 4.69) is 14.9 Å². The van der Waals surface area contributed by atoms with Crippen LogP contribution >= 0.6 is 0 Å². The van der Waals surface area contributed by atoms with E-state index in [-0.39, 0.29) is 16.9 Å². The second-order valence-corrected chi connectivity index (χ2v) is 8.28. The normalized spacial score (nSPS) is 12.4. The lowest BCUT2D eigenvalue weighted by Gasteiger charge is -2.10. The van der Waals surface area contributed by atoms with E-state index >= 15 is 0 Å². The van der Waals surface area contributed by atoms with Crippen molar-refractivity contribution < 1.29 is 17.7 Å². The Morgan fingerprint density at radius 1 is 1.29 bits per heavy atom. The summed E-state index contributed by atoms with van der Waals surface area (Å²) in [6, 6.07) is 4.84. The van der Waals surface area contributed by atoms with Crippen LogP contribution in [0.4, 0.5) is 0 Å². The molecule has 0 radical (unpaired) electrons. The quantitative estimate of drug-likeness (QED) is 0.855. The summed E-state index contributed by atoms with van der Waals surface area (Å²) in [7, 11) is -2.06. The minimum absolute atomic E-state index is 0.191. The van der Waals surface area contributed by atoms with Crippen LogP contribution in [0.2, 0.25) is 0 Å². The van der Waals surface area contributed by atoms with E-state index in [1.165, 1.54) is 13.2 Å². The number of aryl methyl sites for hydroxylation is 1. The molecule has 7 nitrogen and oxygen atoms in total. The first-order chi connectivity index (χ1) is 11.1. The van der Waals surface area contributed by atoms with Gasteiger partial charge in [-0.1, -0.05) is 25.9 Å². The second kappa shape index (κ2) is 6.90. The predicted octanol–water partition coefficient (Wildman–Crippen LogP) is 2.21. The van der Waals surface area contributed by atoms with Crippen molar-refractivity contribution >= 4 is 10.0 Å². The Kier molecular flexibility index (Phi) is 5.29. The molecule has 2 rings (SSSR count). The molecule has 0 saturated carbocycles. The smallest absolute Gasteiger partial charge is 0.240 e. The number of benzene rings is 1. The van der Waals surface area contributed by atoms with Crippen molar-refractivity contribution in [1.82, 2.24) is 14.9 Å². The summed E-state index contributed by atoms with van der Waals surface area (Å²) in [6.07, 6.45) is 0.355. The molecule has 0 atom stereocenters. The first-order valence-corrected chi connectivity index (χ1v) is 9.09. The van der Waals surface area contributed by atoms with Gasteiger partial charge in [-0.2, -0.15) is 4.98 Å². The van der Waals surface area contributed by atoms with Crippen molar-refractivity contribution in [3.05, 3.63) is 35.5 Å². The molecule has 8 heteroatoms. The Bertz CT molecular complexity index is 807. The Morgan fingerprint density at radius 3 is 2.54 bits per heavy atom. The largest absolute Gasteiger partial charge is 0.497 e. The van der Waals surface area contributed by atoms with Gasteiger partial charge in [0.2, 0.25) is 15.9 Å². The number of nitrogens with one attached hydrogen (secondary N) is 1. The summed E-state index contributed by atoms with van der Waals surface area (Å²) in [5, 5.41) is 3.88. The van der Waals surface area contributed by atoms with Gasteiger partial charge in [0.05, 0.1) is 12.0 Å². The molecule has 2 aromatic rings. The number of ether oxygens (including phenoxy) is 1. The molecule has 132 valence electrons. The third-order valence-corrected chi connectivity index (χ3v) is 5.04. The van der Waals surface area contributed by atoms with Crippen LogP contribution in [-0.4, -0.2) is 32.2 Å². The van der Waals surface area contributed by atoms with Crippen molar-refractivity contribution in [3.8, 4) is 5.75 Å². The zero-order valence-electron chi connectivity index (χ0n) is 14.6. The molecule has 0 fully saturated rings. The molecule has 0 aliphatic carbocycles. The van der Waals surface area contributed by atoms with Gasteiger partial charge in [0.1, 0.15) is 5.75 Å². The minimum atomic E-state index is -3.60. The number of hydrogen-bond donors (Lipinski definition) is 1. The van der Waals surface area contributed by atoms with E-state index < -0.39 is 10.0 Å². The fourth-order valence-electron chi connectivity index (χ4n) is 2.09. The highest BCUT2D eigenvalue weighted by Gasteiger charge is 2.22. The summed E-state index contributed by atoms with van der Waals surface area (Å²) >= 11 is 0. The monoisotopic (exact) mass is 353 g/mol. The Balaban J connectivity index is 2.02. The zero-order chi connectivity index (χ0) is 18.0. The van der Waals surface area contributed by atoms with E-state index in [1.807, 2.05) is 20.8 Å². The summed E-state index contributed by atoms with van der Waals surface area (Å²) in [5.41, 5.74) is 0.391. The lowest BCUT2D eigenvalue weighted by Crippen LogP contribution is -2.27. The first kappa shape index (κ1) is 18.4. The van der Waals surface area contributed by atoms with Crippen molar-refractivity contribution in [3.63, 3.8) is 0 Å². The maximum absolute atomic E-state index is 12.4. The number of hydrogen-bond acceptors (Lipinski definition) is 6. The molecule has 1 aromatic heterocycles. The van der Waals surface area contributed by atoms with Gasteiger partial charge in [0.25, 0.3) is 0 Å². The third-order valence-electron chi connectivity index (χ3n) is 3.42. The molecule has 0 spiro atoms. The van der Waals surface area contributed by atoms with Crippen LogP contribution < -0.4 is 9.46 Å². The van der Waals surface area contributed by atoms with Gasteiger partial charge in [0.15, 0.2) is 5.82 Å². The van der Waals surface area contributed by atoms with E-state index in [4.69, 9.17) is 9.26 Å². The van der Waals surface area contributed by atoms with E-state index in [9.17, 15) is 8.42 Å². The summed E-state index contributed by atoms with van der Waals surface area (Å²) in [5.74, 6) is 1.63. The SMILES string of the molecule is COc1ccc(S(=O)(=O)NCCc2noc(C(C)(C)C)n2)c(C)c1. The molecule has 1 N–H and O–H groups in total. The topological polar surface area (TPSA) is 94.3 Å². The lowest BCUT2D eigenvalue weighted by atomic mass is 9.97. The molecule has 0 amide bonds. The van der Waals surface area contributed by atoms with Crippen molar-refractivity contribution in [2.75, 3.05) is 13.7 Å². The molecule has 0 unspecified atom stereocenters. The van der Waals surface area contributed by atoms with Crippen LogP contribution in [0, 0.1) is 6.92 Å². The van der Waals surface area contributed by atoms with Crippen molar-refractivity contribution in [1.29, 1.82) is 0 Å². The van der Waals surface area contributed by atoms with Gasteiger partial charge in [-0.25, -0.2) is 13.1 Å². The highest BCUT2D eigenvalue weighted by Crippen LogP contribution is 2.21. The van der Waals surface area contributed by atoms with Crippen LogP contribution in [0.15, 0.2) is 27.6 Å². The van der Waals surface area contributed by atoms with E-state index in [0.717, 1.165) is 0 Å². The van der Waals surface area contributed by atoms with Gasteiger partial charge >= 0.3 is 0 Å². The minimum Gasteiger partial charge on any atom is -0.497 e.